The molecule has 28 heavy (non-hydrogen) atoms. The molecule has 158 valence electrons. The first-order chi connectivity index (χ1) is 12.7. The number of rotatable bonds is 6. The summed E-state index contributed by atoms with van der Waals surface area (Å²) in [5.41, 5.74) is 0.949. The summed E-state index contributed by atoms with van der Waals surface area (Å²) in [6, 6.07) is 6.43. The standard InChI is InChI=1S/C20H32O6SSi/c1-14-7-9-18(10-8-14)27(23,24)25-16-11-15(19(21)22)12-17(13-16)26-28(5,6)20(2,3)4/h7-10,15-17H,11-13H2,1-6H3,(H,21,22)/t15-,16+,17-/m0/s1. The van der Waals surface area contributed by atoms with Gasteiger partial charge >= 0.3 is 5.97 Å². The molecule has 0 bridgehead atoms. The topological polar surface area (TPSA) is 89.9 Å². The highest BCUT2D eigenvalue weighted by Gasteiger charge is 2.43. The lowest BCUT2D eigenvalue weighted by atomic mass is 9.85. The van der Waals surface area contributed by atoms with Gasteiger partial charge in [-0.2, -0.15) is 8.42 Å². The van der Waals surface area contributed by atoms with Crippen LogP contribution < -0.4 is 0 Å². The first kappa shape index (κ1) is 23.1. The molecule has 1 aromatic rings. The van der Waals surface area contributed by atoms with Gasteiger partial charge in [-0.1, -0.05) is 38.5 Å². The minimum absolute atomic E-state index is 0.0203. The number of carbonyl (C=O) groups is 1. The third-order valence-corrected chi connectivity index (χ3v) is 11.7. The highest BCUT2D eigenvalue weighted by molar-refractivity contribution is 7.86. The van der Waals surface area contributed by atoms with Crippen molar-refractivity contribution in [3.05, 3.63) is 29.8 Å². The molecular weight excluding hydrogens is 396 g/mol. The van der Waals surface area contributed by atoms with Crippen LogP contribution in [-0.2, 0) is 23.5 Å². The lowest BCUT2D eigenvalue weighted by molar-refractivity contribution is -0.145. The van der Waals surface area contributed by atoms with E-state index >= 15 is 0 Å². The number of carboxylic acid groups (broad SMARTS) is 1. The van der Waals surface area contributed by atoms with Gasteiger partial charge in [0.05, 0.1) is 16.9 Å². The SMILES string of the molecule is Cc1ccc(S(=O)(=O)O[C@H]2C[C@@H](O[Si](C)(C)C(C)(C)C)C[C@@H](C(=O)O)C2)cc1. The fraction of sp³-hybridized carbons (Fsp3) is 0.650. The summed E-state index contributed by atoms with van der Waals surface area (Å²) in [6.45, 7) is 12.4. The summed E-state index contributed by atoms with van der Waals surface area (Å²) >= 11 is 0. The van der Waals surface area contributed by atoms with Crippen LogP contribution in [0.3, 0.4) is 0 Å². The molecule has 6 nitrogen and oxygen atoms in total. The van der Waals surface area contributed by atoms with Crippen LogP contribution in [0.4, 0.5) is 0 Å². The van der Waals surface area contributed by atoms with Crippen LogP contribution in [0.25, 0.3) is 0 Å². The van der Waals surface area contributed by atoms with Crippen molar-refractivity contribution < 1.29 is 26.9 Å². The van der Waals surface area contributed by atoms with Gasteiger partial charge in [-0.05, 0) is 50.0 Å². The van der Waals surface area contributed by atoms with Crippen molar-refractivity contribution in [1.82, 2.24) is 0 Å². The molecule has 0 radical (unpaired) electrons. The maximum Gasteiger partial charge on any atom is 0.306 e. The van der Waals surface area contributed by atoms with Gasteiger partial charge in [0.1, 0.15) is 0 Å². The van der Waals surface area contributed by atoms with Crippen molar-refractivity contribution in [1.29, 1.82) is 0 Å². The Morgan fingerprint density at radius 3 is 2.11 bits per heavy atom. The Balaban J connectivity index is 2.19. The largest absolute Gasteiger partial charge is 0.481 e. The number of hydrogen-bond donors (Lipinski definition) is 1. The normalized spacial score (nSPS) is 24.1. The molecule has 1 saturated carbocycles. The second-order valence-electron chi connectivity index (χ2n) is 9.23. The van der Waals surface area contributed by atoms with Crippen LogP contribution in [0.5, 0.6) is 0 Å². The minimum atomic E-state index is -3.96. The second kappa shape index (κ2) is 8.26. The zero-order chi connectivity index (χ0) is 21.3. The van der Waals surface area contributed by atoms with Crippen LogP contribution in [-0.4, -0.2) is 40.0 Å². The molecule has 1 aliphatic carbocycles. The Hall–Kier alpha value is -1.22. The molecule has 0 spiro atoms. The van der Waals surface area contributed by atoms with Crippen molar-refractivity contribution in [2.75, 3.05) is 0 Å². The van der Waals surface area contributed by atoms with Crippen LogP contribution in [0.15, 0.2) is 29.2 Å². The third kappa shape index (κ3) is 5.65. The lowest BCUT2D eigenvalue weighted by Gasteiger charge is -2.42. The second-order valence-corrected chi connectivity index (χ2v) is 15.6. The van der Waals surface area contributed by atoms with E-state index in [1.807, 2.05) is 6.92 Å². The van der Waals surface area contributed by atoms with Gasteiger partial charge in [-0.15, -0.1) is 0 Å². The molecule has 1 fully saturated rings. The molecule has 2 rings (SSSR count). The molecule has 1 aliphatic rings. The van der Waals surface area contributed by atoms with Gasteiger partial charge in [0.15, 0.2) is 8.32 Å². The number of benzene rings is 1. The Labute approximate surface area is 169 Å². The van der Waals surface area contributed by atoms with Crippen LogP contribution in [0, 0.1) is 12.8 Å². The van der Waals surface area contributed by atoms with E-state index in [0.717, 1.165) is 5.56 Å². The Morgan fingerprint density at radius 2 is 1.61 bits per heavy atom. The minimum Gasteiger partial charge on any atom is -0.481 e. The van der Waals surface area contributed by atoms with Crippen molar-refractivity contribution in [3.8, 4) is 0 Å². The quantitative estimate of drug-likeness (QED) is 0.535. The summed E-state index contributed by atoms with van der Waals surface area (Å²) in [7, 11) is -6.07. The average Bonchev–Trinajstić information content (AvgIpc) is 2.53. The molecule has 0 saturated heterocycles. The van der Waals surface area contributed by atoms with E-state index in [0.29, 0.717) is 12.8 Å². The summed E-state index contributed by atoms with van der Waals surface area (Å²) in [6.07, 6.45) is -0.115. The molecule has 0 aliphatic heterocycles. The lowest BCUT2D eigenvalue weighted by Crippen LogP contribution is -2.47. The molecule has 3 atom stereocenters. The molecule has 1 aromatic carbocycles. The van der Waals surface area contributed by atoms with E-state index < -0.39 is 36.4 Å². The van der Waals surface area contributed by atoms with Gasteiger partial charge in [0, 0.05) is 12.5 Å². The highest BCUT2D eigenvalue weighted by Crippen LogP contribution is 2.40. The zero-order valence-electron chi connectivity index (χ0n) is 17.6. The van der Waals surface area contributed by atoms with Gasteiger partial charge in [0.25, 0.3) is 10.1 Å². The van der Waals surface area contributed by atoms with Crippen LogP contribution in [0.2, 0.25) is 18.1 Å². The van der Waals surface area contributed by atoms with E-state index in [4.69, 9.17) is 8.61 Å². The van der Waals surface area contributed by atoms with Gasteiger partial charge in [-0.3, -0.25) is 8.98 Å². The van der Waals surface area contributed by atoms with Crippen molar-refractivity contribution in [3.63, 3.8) is 0 Å². The third-order valence-electron chi connectivity index (χ3n) is 5.81. The summed E-state index contributed by atoms with van der Waals surface area (Å²) in [5.74, 6) is -1.62. The maximum atomic E-state index is 12.6. The molecule has 0 aromatic heterocycles. The highest BCUT2D eigenvalue weighted by atomic mass is 32.2. The fourth-order valence-corrected chi connectivity index (χ4v) is 5.60. The van der Waals surface area contributed by atoms with Crippen molar-refractivity contribution in [2.45, 2.75) is 82.2 Å². The van der Waals surface area contributed by atoms with E-state index in [-0.39, 0.29) is 22.5 Å². The average molecular weight is 429 g/mol. The molecule has 8 heteroatoms. The molecule has 0 heterocycles. The number of aliphatic carboxylic acids is 1. The molecular formula is C20H32O6SSi. The van der Waals surface area contributed by atoms with Crippen LogP contribution in [0.1, 0.15) is 45.6 Å². The van der Waals surface area contributed by atoms with E-state index in [1.54, 1.807) is 12.1 Å². The van der Waals surface area contributed by atoms with E-state index in [9.17, 15) is 18.3 Å². The smallest absolute Gasteiger partial charge is 0.306 e. The molecule has 1 N–H and O–H groups in total. The first-order valence-electron chi connectivity index (χ1n) is 9.62. The van der Waals surface area contributed by atoms with Gasteiger partial charge in [0.2, 0.25) is 0 Å². The van der Waals surface area contributed by atoms with Gasteiger partial charge < -0.3 is 9.53 Å². The fourth-order valence-electron chi connectivity index (χ4n) is 3.13. The van der Waals surface area contributed by atoms with E-state index in [2.05, 4.69) is 33.9 Å². The molecule has 0 amide bonds. The number of aryl methyl sites for hydroxylation is 1. The summed E-state index contributed by atoms with van der Waals surface area (Å²) in [5, 5.41) is 9.51. The summed E-state index contributed by atoms with van der Waals surface area (Å²) in [4.78, 5) is 11.7. The monoisotopic (exact) mass is 428 g/mol. The Kier molecular flexibility index (Phi) is 6.80. The Morgan fingerprint density at radius 1 is 1.07 bits per heavy atom. The van der Waals surface area contributed by atoms with Crippen molar-refractivity contribution >= 4 is 24.4 Å². The predicted octanol–water partition coefficient (Wildman–Crippen LogP) is 4.34. The van der Waals surface area contributed by atoms with E-state index in [1.165, 1.54) is 12.1 Å². The Bertz CT molecular complexity index is 795. The number of carboxylic acids is 1. The molecule has 0 unspecified atom stereocenters. The van der Waals surface area contributed by atoms with Gasteiger partial charge in [-0.25, -0.2) is 0 Å². The van der Waals surface area contributed by atoms with Crippen molar-refractivity contribution in [2.24, 2.45) is 5.92 Å². The predicted molar refractivity (Wildman–Crippen MR) is 110 cm³/mol. The zero-order valence-corrected chi connectivity index (χ0v) is 19.4. The summed E-state index contributed by atoms with van der Waals surface area (Å²) < 4.78 is 37.1. The maximum absolute atomic E-state index is 12.6. The first-order valence-corrected chi connectivity index (χ1v) is 13.9. The number of hydrogen-bond acceptors (Lipinski definition) is 5. The van der Waals surface area contributed by atoms with Crippen LogP contribution >= 0.6 is 0 Å².